The minimum atomic E-state index is -1.07. The van der Waals surface area contributed by atoms with Gasteiger partial charge in [0.15, 0.2) is 11.6 Å². The van der Waals surface area contributed by atoms with Crippen LogP contribution in [0, 0.1) is 17.6 Å². The first-order valence-electron chi connectivity index (χ1n) is 6.77. The Morgan fingerprint density at radius 1 is 1.24 bits per heavy atom. The minimum Gasteiger partial charge on any atom is -0.480 e. The van der Waals surface area contributed by atoms with Crippen molar-refractivity contribution >= 4 is 11.9 Å². The zero-order valence-electron chi connectivity index (χ0n) is 12.0. The van der Waals surface area contributed by atoms with E-state index < -0.39 is 23.6 Å². The predicted octanol–water partition coefficient (Wildman–Crippen LogP) is 2.51. The molecule has 4 nitrogen and oxygen atoms in total. The lowest BCUT2D eigenvalue weighted by atomic mass is 10.0. The quantitative estimate of drug-likeness (QED) is 0.813. The van der Waals surface area contributed by atoms with Gasteiger partial charge in [0.25, 0.3) is 0 Å². The molecule has 0 spiro atoms. The minimum absolute atomic E-state index is 0.134. The molecule has 0 bridgehead atoms. The largest absolute Gasteiger partial charge is 0.480 e. The van der Waals surface area contributed by atoms with E-state index in [0.717, 1.165) is 12.1 Å². The van der Waals surface area contributed by atoms with Crippen molar-refractivity contribution in [2.24, 2.45) is 5.92 Å². The Bertz CT molecular complexity index is 518. The highest BCUT2D eigenvalue weighted by atomic mass is 19.2. The van der Waals surface area contributed by atoms with E-state index in [0.29, 0.717) is 18.4 Å². The summed E-state index contributed by atoms with van der Waals surface area (Å²) in [6.45, 7) is 3.42. The van der Waals surface area contributed by atoms with Gasteiger partial charge in [0.1, 0.15) is 6.04 Å². The van der Waals surface area contributed by atoms with Crippen molar-refractivity contribution in [1.29, 1.82) is 0 Å². The summed E-state index contributed by atoms with van der Waals surface area (Å²) >= 11 is 0. The number of carboxylic acid groups (broad SMARTS) is 1. The van der Waals surface area contributed by atoms with Crippen molar-refractivity contribution in [1.82, 2.24) is 5.32 Å². The monoisotopic (exact) mass is 299 g/mol. The molecule has 1 atom stereocenters. The van der Waals surface area contributed by atoms with E-state index in [-0.39, 0.29) is 18.2 Å². The van der Waals surface area contributed by atoms with Crippen LogP contribution in [0.4, 0.5) is 8.78 Å². The van der Waals surface area contributed by atoms with Gasteiger partial charge in [-0.25, -0.2) is 13.6 Å². The molecule has 0 unspecified atom stereocenters. The number of carbonyl (C=O) groups excluding carboxylic acids is 1. The normalized spacial score (nSPS) is 12.2. The second-order valence-corrected chi connectivity index (χ2v) is 5.23. The molecule has 0 aliphatic heterocycles. The average molecular weight is 299 g/mol. The number of benzene rings is 1. The fourth-order valence-electron chi connectivity index (χ4n) is 1.91. The average Bonchev–Trinajstić information content (AvgIpc) is 2.39. The van der Waals surface area contributed by atoms with Gasteiger partial charge in [-0.15, -0.1) is 0 Å². The van der Waals surface area contributed by atoms with Crippen LogP contribution in [-0.2, 0) is 16.0 Å². The SMILES string of the molecule is CC(C)[C@@H](NC(=O)CCCc1ccc(F)c(F)c1)C(=O)O. The Hall–Kier alpha value is -1.98. The topological polar surface area (TPSA) is 66.4 Å². The summed E-state index contributed by atoms with van der Waals surface area (Å²) in [7, 11) is 0. The third-order valence-electron chi connectivity index (χ3n) is 3.10. The van der Waals surface area contributed by atoms with Gasteiger partial charge in [0.2, 0.25) is 5.91 Å². The molecule has 0 aliphatic rings. The zero-order valence-corrected chi connectivity index (χ0v) is 12.0. The maximum absolute atomic E-state index is 13.0. The molecule has 6 heteroatoms. The fraction of sp³-hybridized carbons (Fsp3) is 0.467. The Labute approximate surface area is 122 Å². The number of hydrogen-bond acceptors (Lipinski definition) is 2. The number of nitrogens with one attached hydrogen (secondary N) is 1. The molecule has 2 N–H and O–H groups in total. The molecule has 1 amide bonds. The van der Waals surface area contributed by atoms with E-state index in [1.807, 2.05) is 0 Å². The van der Waals surface area contributed by atoms with Crippen LogP contribution < -0.4 is 5.32 Å². The molecule has 116 valence electrons. The molecule has 0 aromatic heterocycles. The summed E-state index contributed by atoms with van der Waals surface area (Å²) in [5, 5.41) is 11.4. The standard InChI is InChI=1S/C15H19F2NO3/c1-9(2)14(15(20)21)18-13(19)5-3-4-10-6-7-11(16)12(17)8-10/h6-9,14H,3-5H2,1-2H3,(H,18,19)(H,20,21)/t14-/m1/s1. The van der Waals surface area contributed by atoms with Gasteiger partial charge in [0, 0.05) is 6.42 Å². The summed E-state index contributed by atoms with van der Waals surface area (Å²) in [5.41, 5.74) is 0.598. The van der Waals surface area contributed by atoms with Crippen molar-refractivity contribution < 1.29 is 23.5 Å². The van der Waals surface area contributed by atoms with Crippen LogP contribution in [0.1, 0.15) is 32.3 Å². The molecule has 0 saturated heterocycles. The number of halogens is 2. The second kappa shape index (κ2) is 7.71. The van der Waals surface area contributed by atoms with Gasteiger partial charge in [-0.2, -0.15) is 0 Å². The highest BCUT2D eigenvalue weighted by Crippen LogP contribution is 2.11. The second-order valence-electron chi connectivity index (χ2n) is 5.23. The zero-order chi connectivity index (χ0) is 16.0. The first-order valence-corrected chi connectivity index (χ1v) is 6.77. The summed E-state index contributed by atoms with van der Waals surface area (Å²) in [6.07, 6.45) is 0.987. The molecule has 1 rings (SSSR count). The Kier molecular flexibility index (Phi) is 6.27. The van der Waals surface area contributed by atoms with Crippen molar-refractivity contribution in [3.8, 4) is 0 Å². The molecule has 1 aromatic carbocycles. The Balaban J connectivity index is 2.42. The van der Waals surface area contributed by atoms with E-state index in [4.69, 9.17) is 5.11 Å². The van der Waals surface area contributed by atoms with Crippen LogP contribution in [0.5, 0.6) is 0 Å². The lowest BCUT2D eigenvalue weighted by molar-refractivity contribution is -0.143. The third-order valence-corrected chi connectivity index (χ3v) is 3.10. The lowest BCUT2D eigenvalue weighted by Crippen LogP contribution is -2.44. The van der Waals surface area contributed by atoms with E-state index in [2.05, 4.69) is 5.32 Å². The number of aryl methyl sites for hydroxylation is 1. The van der Waals surface area contributed by atoms with Gasteiger partial charge in [0.05, 0.1) is 0 Å². The first-order chi connectivity index (χ1) is 9.81. The summed E-state index contributed by atoms with van der Waals surface area (Å²) in [6, 6.07) is 2.69. The lowest BCUT2D eigenvalue weighted by Gasteiger charge is -2.17. The molecule has 0 saturated carbocycles. The first kappa shape index (κ1) is 17.1. The number of rotatable bonds is 7. The van der Waals surface area contributed by atoms with Crippen LogP contribution in [0.15, 0.2) is 18.2 Å². The molecule has 0 aliphatic carbocycles. The fourth-order valence-corrected chi connectivity index (χ4v) is 1.91. The Morgan fingerprint density at radius 3 is 2.43 bits per heavy atom. The molecule has 1 aromatic rings. The van der Waals surface area contributed by atoms with Crippen LogP contribution >= 0.6 is 0 Å². The van der Waals surface area contributed by atoms with Gasteiger partial charge < -0.3 is 10.4 Å². The van der Waals surface area contributed by atoms with Crippen LogP contribution in [-0.4, -0.2) is 23.0 Å². The van der Waals surface area contributed by atoms with Gasteiger partial charge in [-0.1, -0.05) is 19.9 Å². The molecular formula is C15H19F2NO3. The predicted molar refractivity (Wildman–Crippen MR) is 73.7 cm³/mol. The molecule has 0 radical (unpaired) electrons. The summed E-state index contributed by atoms with van der Waals surface area (Å²) in [5.74, 6) is -3.46. The molecular weight excluding hydrogens is 280 g/mol. The number of amides is 1. The van der Waals surface area contributed by atoms with Crippen LogP contribution in [0.25, 0.3) is 0 Å². The van der Waals surface area contributed by atoms with E-state index in [9.17, 15) is 18.4 Å². The van der Waals surface area contributed by atoms with Crippen molar-refractivity contribution in [2.75, 3.05) is 0 Å². The number of aliphatic carboxylic acids is 1. The highest BCUT2D eigenvalue weighted by molar-refractivity contribution is 5.83. The van der Waals surface area contributed by atoms with E-state index in [1.54, 1.807) is 13.8 Å². The highest BCUT2D eigenvalue weighted by Gasteiger charge is 2.22. The van der Waals surface area contributed by atoms with E-state index >= 15 is 0 Å². The third kappa shape index (κ3) is 5.49. The maximum atomic E-state index is 13.0. The number of carboxylic acids is 1. The number of carbonyl (C=O) groups is 2. The van der Waals surface area contributed by atoms with Crippen LogP contribution in [0.3, 0.4) is 0 Å². The molecule has 0 heterocycles. The van der Waals surface area contributed by atoms with Crippen molar-refractivity contribution in [2.45, 2.75) is 39.2 Å². The van der Waals surface area contributed by atoms with Gasteiger partial charge in [-0.05, 0) is 36.5 Å². The molecule has 0 fully saturated rings. The van der Waals surface area contributed by atoms with Gasteiger partial charge in [-0.3, -0.25) is 4.79 Å². The number of hydrogen-bond donors (Lipinski definition) is 2. The summed E-state index contributed by atoms with van der Waals surface area (Å²) < 4.78 is 25.7. The van der Waals surface area contributed by atoms with Crippen molar-refractivity contribution in [3.05, 3.63) is 35.4 Å². The molecule has 21 heavy (non-hydrogen) atoms. The smallest absolute Gasteiger partial charge is 0.326 e. The van der Waals surface area contributed by atoms with Gasteiger partial charge >= 0.3 is 5.97 Å². The summed E-state index contributed by atoms with van der Waals surface area (Å²) in [4.78, 5) is 22.6. The maximum Gasteiger partial charge on any atom is 0.326 e. The van der Waals surface area contributed by atoms with E-state index in [1.165, 1.54) is 6.07 Å². The Morgan fingerprint density at radius 2 is 1.90 bits per heavy atom. The van der Waals surface area contributed by atoms with Crippen molar-refractivity contribution in [3.63, 3.8) is 0 Å². The van der Waals surface area contributed by atoms with Crippen LogP contribution in [0.2, 0.25) is 0 Å².